The monoisotopic (exact) mass is 281 g/mol. The molecule has 2 bridgehead atoms. The zero-order chi connectivity index (χ0) is 14.8. The van der Waals surface area contributed by atoms with E-state index in [9.17, 15) is 9.59 Å². The number of nitrogens with one attached hydrogen (secondary N) is 2. The van der Waals surface area contributed by atoms with Crippen molar-refractivity contribution in [3.8, 4) is 0 Å². The van der Waals surface area contributed by atoms with Crippen LogP contribution in [0.4, 0.5) is 0 Å². The van der Waals surface area contributed by atoms with Gasteiger partial charge in [-0.3, -0.25) is 9.59 Å². The van der Waals surface area contributed by atoms with Gasteiger partial charge < -0.3 is 15.5 Å². The molecule has 20 heavy (non-hydrogen) atoms. The van der Waals surface area contributed by atoms with Gasteiger partial charge in [0.15, 0.2) is 0 Å². The Morgan fingerprint density at radius 2 is 1.90 bits per heavy atom. The molecule has 2 aliphatic rings. The number of fused-ring (bicyclic) bond motifs is 2. The maximum Gasteiger partial charge on any atom is 0.242 e. The van der Waals surface area contributed by atoms with E-state index in [2.05, 4.69) is 10.6 Å². The summed E-state index contributed by atoms with van der Waals surface area (Å²) in [7, 11) is 0. The van der Waals surface area contributed by atoms with E-state index >= 15 is 0 Å². The zero-order valence-electron chi connectivity index (χ0n) is 12.9. The van der Waals surface area contributed by atoms with Crippen LogP contribution in [0.1, 0.15) is 46.5 Å². The molecule has 5 nitrogen and oxygen atoms in total. The van der Waals surface area contributed by atoms with Crippen LogP contribution in [0, 0.1) is 5.41 Å². The van der Waals surface area contributed by atoms with E-state index in [-0.39, 0.29) is 23.8 Å². The van der Waals surface area contributed by atoms with Gasteiger partial charge in [0.05, 0.1) is 6.54 Å². The Kier molecular flexibility index (Phi) is 4.68. The van der Waals surface area contributed by atoms with Crippen LogP contribution in [0.2, 0.25) is 0 Å². The normalized spacial score (nSPS) is 26.2. The van der Waals surface area contributed by atoms with Crippen LogP contribution in [0.25, 0.3) is 0 Å². The molecule has 0 spiro atoms. The highest BCUT2D eigenvalue weighted by molar-refractivity contribution is 5.85. The van der Waals surface area contributed by atoms with E-state index in [0.717, 1.165) is 32.4 Å². The molecule has 2 saturated heterocycles. The Labute approximate surface area is 121 Å². The summed E-state index contributed by atoms with van der Waals surface area (Å²) in [5, 5.41) is 6.15. The zero-order valence-corrected chi connectivity index (χ0v) is 12.9. The van der Waals surface area contributed by atoms with E-state index in [1.54, 1.807) is 0 Å². The Hall–Kier alpha value is -1.10. The van der Waals surface area contributed by atoms with E-state index < -0.39 is 0 Å². The van der Waals surface area contributed by atoms with Gasteiger partial charge in [-0.05, 0) is 31.2 Å². The highest BCUT2D eigenvalue weighted by Crippen LogP contribution is 2.27. The topological polar surface area (TPSA) is 61.4 Å². The average Bonchev–Trinajstić information content (AvgIpc) is 2.57. The number of carbonyl (C=O) groups excluding carboxylic acids is 2. The molecule has 2 heterocycles. The molecule has 0 aromatic rings. The molecule has 2 amide bonds. The predicted octanol–water partition coefficient (Wildman–Crippen LogP) is 0.892. The lowest BCUT2D eigenvalue weighted by Crippen LogP contribution is -2.47. The van der Waals surface area contributed by atoms with Crippen LogP contribution in [0.5, 0.6) is 0 Å². The van der Waals surface area contributed by atoms with Crippen molar-refractivity contribution in [2.24, 2.45) is 5.41 Å². The summed E-state index contributed by atoms with van der Waals surface area (Å²) in [6, 6.07) is 0.677. The molecule has 5 heteroatoms. The van der Waals surface area contributed by atoms with E-state index in [1.807, 2.05) is 25.7 Å². The second kappa shape index (κ2) is 6.12. The average molecular weight is 281 g/mol. The fourth-order valence-corrected chi connectivity index (χ4v) is 3.20. The number of carbonyl (C=O) groups is 2. The van der Waals surface area contributed by atoms with Gasteiger partial charge in [-0.25, -0.2) is 0 Å². The molecule has 0 saturated carbocycles. The number of nitrogens with zero attached hydrogens (tertiary/aromatic N) is 1. The summed E-state index contributed by atoms with van der Waals surface area (Å²) in [6.45, 7) is 8.08. The van der Waals surface area contributed by atoms with Gasteiger partial charge in [-0.15, -0.1) is 0 Å². The predicted molar refractivity (Wildman–Crippen MR) is 78.2 cm³/mol. The van der Waals surface area contributed by atoms with Crippen LogP contribution in [-0.2, 0) is 9.59 Å². The minimum atomic E-state index is -0.0430. The summed E-state index contributed by atoms with van der Waals surface area (Å²) in [5.41, 5.74) is -0.0430. The Balaban J connectivity index is 1.84. The van der Waals surface area contributed by atoms with Gasteiger partial charge in [0, 0.05) is 25.0 Å². The summed E-state index contributed by atoms with van der Waals surface area (Å²) in [6.07, 6.45) is 3.67. The molecule has 2 rings (SSSR count). The lowest BCUT2D eigenvalue weighted by atomic mass is 9.92. The molecule has 2 unspecified atom stereocenters. The number of amides is 2. The van der Waals surface area contributed by atoms with Crippen molar-refractivity contribution in [2.75, 3.05) is 19.6 Å². The highest BCUT2D eigenvalue weighted by atomic mass is 16.2. The molecule has 0 aromatic carbocycles. The molecule has 0 aliphatic carbocycles. The largest absolute Gasteiger partial charge is 0.347 e. The SMILES string of the molecule is CC(C)(C)CC(=O)NCC(=O)N1C2CCNCC1CC2. The summed E-state index contributed by atoms with van der Waals surface area (Å²) in [5.74, 6) is 0.0367. The first-order chi connectivity index (χ1) is 9.37. The van der Waals surface area contributed by atoms with Gasteiger partial charge in [-0.2, -0.15) is 0 Å². The van der Waals surface area contributed by atoms with Crippen molar-refractivity contribution in [2.45, 2.75) is 58.5 Å². The molecular formula is C15H27N3O2. The lowest BCUT2D eigenvalue weighted by Gasteiger charge is -2.28. The summed E-state index contributed by atoms with van der Waals surface area (Å²) >= 11 is 0. The fraction of sp³-hybridized carbons (Fsp3) is 0.867. The minimum absolute atomic E-state index is 0.0360. The Bertz CT molecular complexity index is 362. The van der Waals surface area contributed by atoms with E-state index in [4.69, 9.17) is 0 Å². The van der Waals surface area contributed by atoms with Crippen molar-refractivity contribution in [3.05, 3.63) is 0 Å². The van der Waals surface area contributed by atoms with Crippen molar-refractivity contribution >= 4 is 11.8 Å². The third kappa shape index (κ3) is 3.95. The smallest absolute Gasteiger partial charge is 0.242 e. The van der Waals surface area contributed by atoms with Crippen LogP contribution in [-0.4, -0.2) is 48.4 Å². The third-order valence-corrected chi connectivity index (χ3v) is 4.07. The van der Waals surface area contributed by atoms with Crippen LogP contribution >= 0.6 is 0 Å². The van der Waals surface area contributed by atoms with Gasteiger partial charge in [0.1, 0.15) is 0 Å². The highest BCUT2D eigenvalue weighted by Gasteiger charge is 2.37. The maximum atomic E-state index is 12.4. The van der Waals surface area contributed by atoms with Gasteiger partial charge in [0.2, 0.25) is 11.8 Å². The molecule has 2 atom stereocenters. The first kappa shape index (κ1) is 15.3. The lowest BCUT2D eigenvalue weighted by molar-refractivity contribution is -0.135. The first-order valence-corrected chi connectivity index (χ1v) is 7.65. The third-order valence-electron chi connectivity index (χ3n) is 4.07. The van der Waals surface area contributed by atoms with Crippen LogP contribution in [0.15, 0.2) is 0 Å². The minimum Gasteiger partial charge on any atom is -0.347 e. The molecule has 0 radical (unpaired) electrons. The van der Waals surface area contributed by atoms with Crippen LogP contribution in [0.3, 0.4) is 0 Å². The summed E-state index contributed by atoms with van der Waals surface area (Å²) in [4.78, 5) is 26.2. The van der Waals surface area contributed by atoms with E-state index in [0.29, 0.717) is 18.5 Å². The summed E-state index contributed by atoms with van der Waals surface area (Å²) < 4.78 is 0. The van der Waals surface area contributed by atoms with Crippen LogP contribution < -0.4 is 10.6 Å². The van der Waals surface area contributed by atoms with Crippen molar-refractivity contribution < 1.29 is 9.59 Å². The van der Waals surface area contributed by atoms with Crippen molar-refractivity contribution in [3.63, 3.8) is 0 Å². The molecule has 114 valence electrons. The quantitative estimate of drug-likeness (QED) is 0.808. The fourth-order valence-electron chi connectivity index (χ4n) is 3.20. The molecule has 2 fully saturated rings. The molecule has 2 N–H and O–H groups in total. The number of hydrogen-bond donors (Lipinski definition) is 2. The molecule has 0 aromatic heterocycles. The Morgan fingerprint density at radius 1 is 1.20 bits per heavy atom. The molecular weight excluding hydrogens is 254 g/mol. The standard InChI is InChI=1S/C15H27N3O2/c1-15(2,3)8-13(19)17-10-14(20)18-11-4-5-12(18)9-16-7-6-11/h11-12,16H,4-10H2,1-3H3,(H,17,19). The van der Waals surface area contributed by atoms with Gasteiger partial charge in [-0.1, -0.05) is 20.8 Å². The number of rotatable bonds is 3. The second-order valence-corrected chi connectivity index (χ2v) is 7.19. The van der Waals surface area contributed by atoms with Gasteiger partial charge in [0.25, 0.3) is 0 Å². The second-order valence-electron chi connectivity index (χ2n) is 7.19. The Morgan fingerprint density at radius 3 is 2.60 bits per heavy atom. The van der Waals surface area contributed by atoms with E-state index in [1.165, 1.54) is 0 Å². The number of hydrogen-bond acceptors (Lipinski definition) is 3. The maximum absolute atomic E-state index is 12.4. The first-order valence-electron chi connectivity index (χ1n) is 7.65. The van der Waals surface area contributed by atoms with Crippen molar-refractivity contribution in [1.29, 1.82) is 0 Å². The molecule has 2 aliphatic heterocycles. The van der Waals surface area contributed by atoms with Crippen molar-refractivity contribution in [1.82, 2.24) is 15.5 Å². The van der Waals surface area contributed by atoms with Gasteiger partial charge >= 0.3 is 0 Å².